The monoisotopic (exact) mass is 344 g/mol. The molecule has 0 saturated heterocycles. The first-order valence-electron chi connectivity index (χ1n) is 8.14. The zero-order valence-electron chi connectivity index (χ0n) is 15.0. The molecule has 1 aromatic heterocycles. The Balaban J connectivity index is 2.02. The van der Waals surface area contributed by atoms with E-state index < -0.39 is 0 Å². The smallest absolute Gasteiger partial charge is 0.271 e. The fourth-order valence-corrected chi connectivity index (χ4v) is 2.12. The third kappa shape index (κ3) is 5.34. The van der Waals surface area contributed by atoms with Crippen molar-refractivity contribution in [1.29, 1.82) is 0 Å². The number of hydrogen-bond acceptors (Lipinski definition) is 6. The molecule has 7 heteroatoms. The number of hydrogen-bond donors (Lipinski definition) is 2. The highest BCUT2D eigenvalue weighted by Gasteiger charge is 2.10. The summed E-state index contributed by atoms with van der Waals surface area (Å²) in [5.74, 6) is 2.15. The van der Waals surface area contributed by atoms with E-state index in [0.29, 0.717) is 29.8 Å². The van der Waals surface area contributed by atoms with E-state index in [0.717, 1.165) is 12.1 Å². The van der Waals surface area contributed by atoms with Crippen LogP contribution in [-0.2, 0) is 0 Å². The predicted octanol–water partition coefficient (Wildman–Crippen LogP) is 3.01. The highest BCUT2D eigenvalue weighted by Crippen LogP contribution is 2.30. The SMILES string of the molecule is COc1ccc(Nc2ccc(C(=O)NCCC(C)C)nn2)c(OC)c1. The number of benzene rings is 1. The fraction of sp³-hybridized carbons (Fsp3) is 0.389. The van der Waals surface area contributed by atoms with Gasteiger partial charge >= 0.3 is 0 Å². The Morgan fingerprint density at radius 3 is 2.52 bits per heavy atom. The van der Waals surface area contributed by atoms with Gasteiger partial charge in [-0.15, -0.1) is 10.2 Å². The minimum Gasteiger partial charge on any atom is -0.497 e. The molecule has 0 atom stereocenters. The molecule has 7 nitrogen and oxygen atoms in total. The van der Waals surface area contributed by atoms with E-state index in [2.05, 4.69) is 34.7 Å². The van der Waals surface area contributed by atoms with Gasteiger partial charge in [-0.3, -0.25) is 4.79 Å². The summed E-state index contributed by atoms with van der Waals surface area (Å²) >= 11 is 0. The Bertz CT molecular complexity index is 702. The van der Waals surface area contributed by atoms with Crippen LogP contribution in [-0.4, -0.2) is 36.9 Å². The highest BCUT2D eigenvalue weighted by atomic mass is 16.5. The molecular weight excluding hydrogens is 320 g/mol. The quantitative estimate of drug-likeness (QED) is 0.766. The Morgan fingerprint density at radius 1 is 1.12 bits per heavy atom. The Kier molecular flexibility index (Phi) is 6.56. The zero-order chi connectivity index (χ0) is 18.2. The summed E-state index contributed by atoms with van der Waals surface area (Å²) in [5.41, 5.74) is 1.02. The Morgan fingerprint density at radius 2 is 1.92 bits per heavy atom. The van der Waals surface area contributed by atoms with E-state index in [1.807, 2.05) is 12.1 Å². The topological polar surface area (TPSA) is 85.4 Å². The molecular formula is C18H24N4O3. The van der Waals surface area contributed by atoms with E-state index in [1.54, 1.807) is 32.4 Å². The molecule has 1 heterocycles. The van der Waals surface area contributed by atoms with Crippen molar-refractivity contribution in [3.8, 4) is 11.5 Å². The first-order valence-corrected chi connectivity index (χ1v) is 8.14. The highest BCUT2D eigenvalue weighted by molar-refractivity contribution is 5.92. The van der Waals surface area contributed by atoms with E-state index in [4.69, 9.17) is 9.47 Å². The van der Waals surface area contributed by atoms with Crippen molar-refractivity contribution in [2.45, 2.75) is 20.3 Å². The van der Waals surface area contributed by atoms with Crippen LogP contribution in [0.2, 0.25) is 0 Å². The first-order chi connectivity index (χ1) is 12.0. The molecule has 0 fully saturated rings. The second-order valence-electron chi connectivity index (χ2n) is 5.93. The summed E-state index contributed by atoms with van der Waals surface area (Å²) in [6.07, 6.45) is 0.927. The Labute approximate surface area is 147 Å². The summed E-state index contributed by atoms with van der Waals surface area (Å²) in [6.45, 7) is 4.85. The van der Waals surface area contributed by atoms with Crippen LogP contribution in [0.25, 0.3) is 0 Å². The maximum atomic E-state index is 12.0. The number of amides is 1. The minimum absolute atomic E-state index is 0.221. The molecule has 2 N–H and O–H groups in total. The van der Waals surface area contributed by atoms with Gasteiger partial charge in [0.15, 0.2) is 11.5 Å². The fourth-order valence-electron chi connectivity index (χ4n) is 2.12. The second-order valence-corrected chi connectivity index (χ2v) is 5.93. The van der Waals surface area contributed by atoms with Crippen LogP contribution in [0.1, 0.15) is 30.8 Å². The Hall–Kier alpha value is -2.83. The number of anilines is 2. The zero-order valence-corrected chi connectivity index (χ0v) is 15.0. The lowest BCUT2D eigenvalue weighted by Gasteiger charge is -2.12. The van der Waals surface area contributed by atoms with E-state index in [9.17, 15) is 4.79 Å². The number of aromatic nitrogens is 2. The molecule has 1 amide bonds. The van der Waals surface area contributed by atoms with Gasteiger partial charge < -0.3 is 20.1 Å². The van der Waals surface area contributed by atoms with Gasteiger partial charge in [0, 0.05) is 12.6 Å². The van der Waals surface area contributed by atoms with Gasteiger partial charge in [0.2, 0.25) is 0 Å². The average molecular weight is 344 g/mol. The summed E-state index contributed by atoms with van der Waals surface area (Å²) in [4.78, 5) is 12.0. The number of carbonyl (C=O) groups excluding carboxylic acids is 1. The van der Waals surface area contributed by atoms with Crippen LogP contribution in [0, 0.1) is 5.92 Å². The third-order valence-corrected chi connectivity index (χ3v) is 3.58. The van der Waals surface area contributed by atoms with Crippen LogP contribution in [0.4, 0.5) is 11.5 Å². The van der Waals surface area contributed by atoms with Crippen LogP contribution in [0.5, 0.6) is 11.5 Å². The number of methoxy groups -OCH3 is 2. The second kappa shape index (κ2) is 8.86. The summed E-state index contributed by atoms with van der Waals surface area (Å²) in [6, 6.07) is 8.75. The average Bonchev–Trinajstić information content (AvgIpc) is 2.62. The maximum Gasteiger partial charge on any atom is 0.271 e. The molecule has 25 heavy (non-hydrogen) atoms. The van der Waals surface area contributed by atoms with Crippen molar-refractivity contribution in [3.05, 3.63) is 36.0 Å². The standard InChI is InChI=1S/C18H24N4O3/c1-12(2)9-10-19-18(23)15-7-8-17(22-21-15)20-14-6-5-13(24-3)11-16(14)25-4/h5-8,11-12H,9-10H2,1-4H3,(H,19,23)(H,20,22). The van der Waals surface area contributed by atoms with Crippen LogP contribution >= 0.6 is 0 Å². The van der Waals surface area contributed by atoms with Crippen molar-refractivity contribution < 1.29 is 14.3 Å². The van der Waals surface area contributed by atoms with Crippen molar-refractivity contribution in [1.82, 2.24) is 15.5 Å². The lowest BCUT2D eigenvalue weighted by atomic mass is 10.1. The van der Waals surface area contributed by atoms with Crippen LogP contribution in [0.3, 0.4) is 0 Å². The first kappa shape index (κ1) is 18.5. The summed E-state index contributed by atoms with van der Waals surface area (Å²) in [7, 11) is 3.18. The van der Waals surface area contributed by atoms with Gasteiger partial charge in [0.1, 0.15) is 11.5 Å². The number of ether oxygens (including phenoxy) is 2. The van der Waals surface area contributed by atoms with Crippen molar-refractivity contribution >= 4 is 17.4 Å². The lowest BCUT2D eigenvalue weighted by molar-refractivity contribution is 0.0946. The van der Waals surface area contributed by atoms with Crippen molar-refractivity contribution in [3.63, 3.8) is 0 Å². The molecule has 0 aliphatic carbocycles. The number of nitrogens with zero attached hydrogens (tertiary/aromatic N) is 2. The number of rotatable bonds is 8. The van der Waals surface area contributed by atoms with E-state index in [-0.39, 0.29) is 11.6 Å². The van der Waals surface area contributed by atoms with Gasteiger partial charge in [-0.25, -0.2) is 0 Å². The molecule has 2 aromatic rings. The number of carbonyl (C=O) groups is 1. The van der Waals surface area contributed by atoms with Crippen molar-refractivity contribution in [2.75, 3.05) is 26.1 Å². The van der Waals surface area contributed by atoms with Gasteiger partial charge in [-0.2, -0.15) is 0 Å². The van der Waals surface area contributed by atoms with E-state index in [1.165, 1.54) is 0 Å². The van der Waals surface area contributed by atoms with Crippen LogP contribution < -0.4 is 20.1 Å². The minimum atomic E-state index is -0.221. The molecule has 0 radical (unpaired) electrons. The lowest BCUT2D eigenvalue weighted by Crippen LogP contribution is -2.26. The number of nitrogens with one attached hydrogen (secondary N) is 2. The molecule has 0 bridgehead atoms. The molecule has 1 aromatic carbocycles. The van der Waals surface area contributed by atoms with Crippen LogP contribution in [0.15, 0.2) is 30.3 Å². The largest absolute Gasteiger partial charge is 0.497 e. The maximum absolute atomic E-state index is 12.0. The molecule has 0 aliphatic rings. The van der Waals surface area contributed by atoms with Gasteiger partial charge in [0.05, 0.1) is 19.9 Å². The summed E-state index contributed by atoms with van der Waals surface area (Å²) in [5, 5.41) is 14.0. The molecule has 0 saturated carbocycles. The van der Waals surface area contributed by atoms with Gasteiger partial charge in [-0.1, -0.05) is 13.8 Å². The molecule has 0 aliphatic heterocycles. The predicted molar refractivity (Wildman–Crippen MR) is 96.6 cm³/mol. The molecule has 2 rings (SSSR count). The normalized spacial score (nSPS) is 10.4. The molecule has 134 valence electrons. The van der Waals surface area contributed by atoms with Crippen molar-refractivity contribution in [2.24, 2.45) is 5.92 Å². The van der Waals surface area contributed by atoms with E-state index >= 15 is 0 Å². The summed E-state index contributed by atoms with van der Waals surface area (Å²) < 4.78 is 10.5. The van der Waals surface area contributed by atoms with Gasteiger partial charge in [-0.05, 0) is 36.6 Å². The molecule has 0 unspecified atom stereocenters. The third-order valence-electron chi connectivity index (χ3n) is 3.58. The van der Waals surface area contributed by atoms with Gasteiger partial charge in [0.25, 0.3) is 5.91 Å². The molecule has 0 spiro atoms.